The summed E-state index contributed by atoms with van der Waals surface area (Å²) >= 11 is 0. The quantitative estimate of drug-likeness (QED) is 0.429. The summed E-state index contributed by atoms with van der Waals surface area (Å²) < 4.78 is 21.6. The fraction of sp³-hybridized carbons (Fsp3) is 0.500. The molecule has 0 amide bonds. The Morgan fingerprint density at radius 3 is 1.69 bits per heavy atom. The van der Waals surface area contributed by atoms with Gasteiger partial charge in [-0.05, 0) is 16.1 Å². The summed E-state index contributed by atoms with van der Waals surface area (Å²) in [5.74, 6) is 0. The second-order valence-electron chi connectivity index (χ2n) is 1.64. The van der Waals surface area contributed by atoms with Crippen molar-refractivity contribution in [3.63, 3.8) is 0 Å². The molecule has 0 aromatic heterocycles. The summed E-state index contributed by atoms with van der Waals surface area (Å²) in [6, 6.07) is 0. The minimum Gasteiger partial charge on any atom is -0.563 e. The molecule has 0 spiro atoms. The van der Waals surface area contributed by atoms with Crippen LogP contribution < -0.4 is 9.79 Å². The first kappa shape index (κ1) is 19.3. The fourth-order valence-electron chi connectivity index (χ4n) is 0.0544. The van der Waals surface area contributed by atoms with Gasteiger partial charge in [-0.1, -0.05) is 12.2 Å². The van der Waals surface area contributed by atoms with Crippen LogP contribution in [0.2, 0.25) is 0 Å². The molecule has 9 heteroatoms. The molecule has 0 rings (SSSR count). The van der Waals surface area contributed by atoms with Gasteiger partial charge in [0.05, 0.1) is 6.61 Å². The molecule has 0 saturated heterocycles. The van der Waals surface area contributed by atoms with E-state index in [2.05, 4.69) is 10.9 Å². The summed E-state index contributed by atoms with van der Waals surface area (Å²) in [6.45, 7) is 5.31. The van der Waals surface area contributed by atoms with Crippen LogP contribution in [0.25, 0.3) is 0 Å². The molecule has 0 aliphatic carbocycles. The fourth-order valence-corrected chi connectivity index (χ4v) is 0.490. The Morgan fingerprint density at radius 2 is 1.69 bits per heavy atom. The maximum atomic E-state index is 9.24. The van der Waals surface area contributed by atoms with Crippen molar-refractivity contribution < 1.29 is 55.6 Å². The van der Waals surface area contributed by atoms with Gasteiger partial charge < -0.3 is 14.9 Å². The van der Waals surface area contributed by atoms with Crippen LogP contribution in [0.1, 0.15) is 6.92 Å². The Kier molecular flexibility index (Phi) is 18.9. The van der Waals surface area contributed by atoms with Gasteiger partial charge in [-0.25, -0.2) is 0 Å². The van der Waals surface area contributed by atoms with Crippen LogP contribution in [0.5, 0.6) is 0 Å². The average Bonchev–Trinajstić information content (AvgIpc) is 1.85. The Morgan fingerprint density at radius 1 is 1.46 bits per heavy atom. The molecule has 2 atom stereocenters. The monoisotopic (exact) mass is 328 g/mol. The summed E-state index contributed by atoms with van der Waals surface area (Å²) in [5, 5.41) is 8.04. The molecule has 0 aliphatic heterocycles. The van der Waals surface area contributed by atoms with Crippen molar-refractivity contribution in [1.29, 1.82) is 0 Å². The van der Waals surface area contributed by atoms with E-state index < -0.39 is 16.5 Å². The van der Waals surface area contributed by atoms with Gasteiger partial charge in [0, 0.05) is 0 Å². The molecule has 2 unspecified atom stereocenters. The predicted molar refractivity (Wildman–Crippen MR) is 38.2 cm³/mol. The van der Waals surface area contributed by atoms with E-state index in [4.69, 9.17) is 5.11 Å². The molecule has 0 aliphatic rings. The molecule has 0 heterocycles. The molecular formula is C4H8CdO6P2+2. The van der Waals surface area contributed by atoms with Gasteiger partial charge in [0.2, 0.25) is 0 Å². The Labute approximate surface area is 97.7 Å². The minimum absolute atomic E-state index is 0. The number of aliphatic hydroxyl groups is 1. The van der Waals surface area contributed by atoms with E-state index in [0.717, 1.165) is 5.57 Å². The Bertz CT molecular complexity index is 171. The summed E-state index contributed by atoms with van der Waals surface area (Å²) in [7, 11) is -6.47. The van der Waals surface area contributed by atoms with E-state index in [1.54, 1.807) is 6.92 Å². The standard InChI is InChI=1S/C4H8O.Cd.O5P2/c1-4(2)3-5;;1-6(2)5-7(3)4/h5H,1,3H2,2H3;;/q;+2;. The van der Waals surface area contributed by atoms with E-state index in [9.17, 15) is 18.9 Å². The average molecular weight is 326 g/mol. The van der Waals surface area contributed by atoms with Crippen molar-refractivity contribution in [2.45, 2.75) is 6.92 Å². The van der Waals surface area contributed by atoms with E-state index in [1.165, 1.54) is 0 Å². The van der Waals surface area contributed by atoms with Gasteiger partial charge in [-0.2, -0.15) is 0 Å². The van der Waals surface area contributed by atoms with Crippen LogP contribution >= 0.6 is 16.5 Å². The summed E-state index contributed by atoms with van der Waals surface area (Å²) in [4.78, 5) is 18.5. The maximum Gasteiger partial charge on any atom is 2.00 e. The molecule has 0 aromatic carbocycles. The van der Waals surface area contributed by atoms with Gasteiger partial charge in [0.25, 0.3) is 0 Å². The van der Waals surface area contributed by atoms with Crippen LogP contribution in [0, 0.1) is 0 Å². The zero-order valence-electron chi connectivity index (χ0n) is 7.00. The van der Waals surface area contributed by atoms with E-state index in [1.807, 2.05) is 0 Å². The minimum atomic E-state index is -3.24. The van der Waals surface area contributed by atoms with Crippen LogP contribution in [0.4, 0.5) is 0 Å². The number of hydrogen-bond donors (Lipinski definition) is 1. The van der Waals surface area contributed by atoms with Crippen molar-refractivity contribution in [3.05, 3.63) is 12.2 Å². The first-order valence-electron chi connectivity index (χ1n) is 2.62. The normalized spacial score (nSPS) is 10.2. The first-order valence-corrected chi connectivity index (χ1v) is 4.81. The van der Waals surface area contributed by atoms with Gasteiger partial charge in [-0.15, -0.1) is 0 Å². The van der Waals surface area contributed by atoms with Gasteiger partial charge >= 0.3 is 43.8 Å². The molecule has 70 valence electrons. The SMILES string of the molecule is C=C(C)CO.O=[P+]([O-])O[P+](=O)[O-].[Cd+2]. The van der Waals surface area contributed by atoms with Crippen LogP contribution in [-0.4, -0.2) is 11.7 Å². The van der Waals surface area contributed by atoms with E-state index in [-0.39, 0.29) is 33.9 Å². The third kappa shape index (κ3) is 32.4. The molecule has 13 heavy (non-hydrogen) atoms. The Hall–Kier alpha value is 0.702. The van der Waals surface area contributed by atoms with Crippen LogP contribution in [0.15, 0.2) is 12.2 Å². The van der Waals surface area contributed by atoms with Crippen molar-refractivity contribution in [2.24, 2.45) is 0 Å². The molecule has 0 bridgehead atoms. The molecule has 0 saturated carbocycles. The van der Waals surface area contributed by atoms with Crippen molar-refractivity contribution >= 4 is 16.5 Å². The maximum absolute atomic E-state index is 9.24. The van der Waals surface area contributed by atoms with E-state index >= 15 is 0 Å². The third-order valence-electron chi connectivity index (χ3n) is 0.403. The predicted octanol–water partition coefficient (Wildman–Crippen LogP) is -0.409. The van der Waals surface area contributed by atoms with Gasteiger partial charge in [0.15, 0.2) is 0 Å². The summed E-state index contributed by atoms with van der Waals surface area (Å²) in [6.07, 6.45) is 0. The van der Waals surface area contributed by atoms with Crippen LogP contribution in [-0.2, 0) is 40.7 Å². The molecular weight excluding hydrogens is 318 g/mol. The molecule has 0 radical (unpaired) electrons. The van der Waals surface area contributed by atoms with Crippen LogP contribution in [0.3, 0.4) is 0 Å². The van der Waals surface area contributed by atoms with Crippen molar-refractivity contribution in [1.82, 2.24) is 0 Å². The van der Waals surface area contributed by atoms with E-state index in [0.29, 0.717) is 0 Å². The number of aliphatic hydroxyl groups excluding tert-OH is 1. The second-order valence-corrected chi connectivity index (χ2v) is 3.19. The molecule has 0 aromatic rings. The topological polar surface area (TPSA) is 110 Å². The zero-order chi connectivity index (χ0) is 10.1. The number of hydrogen-bond acceptors (Lipinski definition) is 6. The largest absolute Gasteiger partial charge is 2.00 e. The third-order valence-corrected chi connectivity index (χ3v) is 1.47. The Balaban J connectivity index is -0.000000150. The second kappa shape index (κ2) is 12.7. The molecule has 0 fully saturated rings. The van der Waals surface area contributed by atoms with Crippen molar-refractivity contribution in [2.75, 3.05) is 6.61 Å². The first-order chi connectivity index (χ1) is 5.40. The van der Waals surface area contributed by atoms with Gasteiger partial charge in [-0.3, -0.25) is 0 Å². The summed E-state index contributed by atoms with van der Waals surface area (Å²) in [5.41, 5.74) is 0.810. The number of rotatable bonds is 3. The van der Waals surface area contributed by atoms with Gasteiger partial charge in [0.1, 0.15) is 4.31 Å². The van der Waals surface area contributed by atoms with Crippen molar-refractivity contribution in [3.8, 4) is 0 Å². The molecule has 1 N–H and O–H groups in total. The molecule has 6 nitrogen and oxygen atoms in total. The smallest absolute Gasteiger partial charge is 0.563 e. The zero-order valence-corrected chi connectivity index (χ0v) is 12.8.